The quantitative estimate of drug-likeness (QED) is 0.0536. The van der Waals surface area contributed by atoms with Crippen molar-refractivity contribution in [1.82, 2.24) is 30.7 Å². The molecule has 0 aromatic heterocycles. The van der Waals surface area contributed by atoms with Crippen LogP contribution in [0.5, 0.6) is 0 Å². The number of aliphatic imine (C=N–C) groups is 1. The summed E-state index contributed by atoms with van der Waals surface area (Å²) < 4.78 is 0. The topological polar surface area (TPSA) is 237 Å². The fourth-order valence-electron chi connectivity index (χ4n) is 8.28. The summed E-state index contributed by atoms with van der Waals surface area (Å²) in [6, 6.07) is 13.3. The maximum Gasteiger partial charge on any atom is 0.257 e. The van der Waals surface area contributed by atoms with Gasteiger partial charge in [-0.1, -0.05) is 24.3 Å². The molecule has 0 bridgehead atoms. The van der Waals surface area contributed by atoms with E-state index in [1.165, 1.54) is 13.3 Å². The highest BCUT2D eigenvalue weighted by Crippen LogP contribution is 2.38. The second-order valence-electron chi connectivity index (χ2n) is 16.1. The van der Waals surface area contributed by atoms with Crippen LogP contribution >= 0.6 is 0 Å². The van der Waals surface area contributed by atoms with Gasteiger partial charge in [0.25, 0.3) is 5.91 Å². The van der Waals surface area contributed by atoms with Crippen molar-refractivity contribution in [2.24, 2.45) is 28.1 Å². The summed E-state index contributed by atoms with van der Waals surface area (Å²) in [7, 11) is 0. The number of piperazine rings is 1. The van der Waals surface area contributed by atoms with Crippen molar-refractivity contribution in [2.75, 3.05) is 88.8 Å². The molecule has 2 saturated heterocycles. The maximum atomic E-state index is 13.9. The van der Waals surface area contributed by atoms with E-state index in [-0.39, 0.29) is 23.7 Å². The third kappa shape index (κ3) is 14.1. The van der Waals surface area contributed by atoms with Gasteiger partial charge < -0.3 is 38.1 Å². The van der Waals surface area contributed by atoms with E-state index in [1.807, 2.05) is 42.5 Å². The van der Waals surface area contributed by atoms with E-state index in [4.69, 9.17) is 17.2 Å². The van der Waals surface area contributed by atoms with Gasteiger partial charge in [-0.3, -0.25) is 49.0 Å². The molecule has 0 aliphatic carbocycles. The second kappa shape index (κ2) is 23.7. The van der Waals surface area contributed by atoms with E-state index in [1.54, 1.807) is 11.0 Å². The van der Waals surface area contributed by atoms with Crippen molar-refractivity contribution in [3.8, 4) is 0 Å². The number of fused-ring (bicyclic) bond motifs is 2. The number of unbranched alkanes of at least 4 members (excludes halogenated alkanes) is 1. The van der Waals surface area contributed by atoms with E-state index in [9.17, 15) is 24.0 Å². The van der Waals surface area contributed by atoms with Crippen LogP contribution < -0.4 is 43.4 Å². The fraction of sp³-hybridized carbons (Fsp3) is 0.581. The first-order valence-corrected chi connectivity index (χ1v) is 21.6. The number of nitrogens with zero attached hydrogens (tertiary/aromatic N) is 5. The summed E-state index contributed by atoms with van der Waals surface area (Å²) in [6.45, 7) is 10.5. The first-order chi connectivity index (χ1) is 29.0. The minimum atomic E-state index is -0.841. The van der Waals surface area contributed by atoms with Crippen LogP contribution in [0.3, 0.4) is 0 Å². The van der Waals surface area contributed by atoms with Gasteiger partial charge in [0.1, 0.15) is 6.04 Å². The normalized spacial score (nSPS) is 17.4. The molecular formula is C43H66N12O5. The highest BCUT2D eigenvalue weighted by Gasteiger charge is 2.31. The van der Waals surface area contributed by atoms with Crippen molar-refractivity contribution < 1.29 is 24.0 Å². The molecule has 2 atom stereocenters. The number of hydrogen-bond acceptors (Lipinski definition) is 11. The fourth-order valence-corrected chi connectivity index (χ4v) is 8.28. The van der Waals surface area contributed by atoms with E-state index in [2.05, 4.69) is 41.0 Å². The molecule has 2 aromatic carbocycles. The highest BCUT2D eigenvalue weighted by molar-refractivity contribution is 6.18. The Hall–Kier alpha value is -4.94. The number of rotatable bonds is 21. The van der Waals surface area contributed by atoms with E-state index in [0.717, 1.165) is 71.6 Å². The Morgan fingerprint density at radius 1 is 0.800 bits per heavy atom. The first kappa shape index (κ1) is 46.1. The Labute approximate surface area is 354 Å². The number of anilines is 3. The molecule has 10 N–H and O–H groups in total. The number of amides is 5. The van der Waals surface area contributed by atoms with Crippen LogP contribution in [-0.2, 0) is 19.2 Å². The number of guanidine groups is 1. The molecule has 2 fully saturated rings. The van der Waals surface area contributed by atoms with Crippen molar-refractivity contribution in [3.05, 3.63) is 54.1 Å². The summed E-state index contributed by atoms with van der Waals surface area (Å²) in [5.41, 5.74) is 19.0. The van der Waals surface area contributed by atoms with E-state index >= 15 is 0 Å². The number of piperidine rings is 1. The zero-order chi connectivity index (χ0) is 42.9. The van der Waals surface area contributed by atoms with Crippen LogP contribution in [0.15, 0.2) is 53.5 Å². The molecule has 3 aliphatic rings. The van der Waals surface area contributed by atoms with E-state index in [0.29, 0.717) is 86.8 Å². The first-order valence-electron chi connectivity index (χ1n) is 21.6. The molecule has 60 heavy (non-hydrogen) atoms. The average molecular weight is 831 g/mol. The number of para-hydroxylation sites is 3. The number of carbonyl (C=O) groups excluding carboxylic acids is 5. The zero-order valence-electron chi connectivity index (χ0n) is 35.2. The lowest BCUT2D eigenvalue weighted by atomic mass is 9.92. The minimum absolute atomic E-state index is 0.00283. The third-order valence-corrected chi connectivity index (χ3v) is 11.6. The standard InChI is InChI=1S/C43H66N12O5/c1-31(56)49-42(60)36(13-6-7-19-44)51-41(59)35(14-8-20-48-43(45)46)47-21-25-53-28-26-52(27-29-53)22-9-10-32-17-23-54(24-18-32)30-39(57)55-37-15-4-2-11-33(37)40(58)50-34-12-3-5-16-38(34)55/h2-5,11-12,15-16,32,35-36,47H,6-10,13-14,17-30,44H2,1H3,(H,50,58)(H,51,59)(H4,45,46,48)(H,49,56,60)/t35-,36-/m0/s1. The zero-order valence-corrected chi connectivity index (χ0v) is 35.2. The summed E-state index contributed by atoms with van der Waals surface area (Å²) >= 11 is 0. The van der Waals surface area contributed by atoms with Gasteiger partial charge in [0.2, 0.25) is 23.6 Å². The van der Waals surface area contributed by atoms with Gasteiger partial charge in [-0.15, -0.1) is 0 Å². The van der Waals surface area contributed by atoms with Crippen molar-refractivity contribution >= 4 is 52.6 Å². The summed E-state index contributed by atoms with van der Waals surface area (Å²) in [5, 5.41) is 11.5. The number of likely N-dealkylation sites (tertiary alicyclic amines) is 1. The van der Waals surface area contributed by atoms with E-state index < -0.39 is 23.9 Å². The number of hydrogen-bond donors (Lipinski definition) is 7. The minimum Gasteiger partial charge on any atom is -0.370 e. The molecule has 17 nitrogen and oxygen atoms in total. The third-order valence-electron chi connectivity index (χ3n) is 11.6. The van der Waals surface area contributed by atoms with Gasteiger partial charge in [-0.05, 0) is 114 Å². The number of nitrogens with one attached hydrogen (secondary N) is 4. The Morgan fingerprint density at radius 3 is 2.17 bits per heavy atom. The van der Waals surface area contributed by atoms with Crippen LogP contribution in [0.25, 0.3) is 0 Å². The predicted octanol–water partition coefficient (Wildman–Crippen LogP) is 1.32. The van der Waals surface area contributed by atoms with Gasteiger partial charge >= 0.3 is 0 Å². The van der Waals surface area contributed by atoms with Gasteiger partial charge in [-0.25, -0.2) is 0 Å². The number of carbonyl (C=O) groups is 5. The molecule has 0 radical (unpaired) electrons. The van der Waals surface area contributed by atoms with Crippen molar-refractivity contribution in [2.45, 2.75) is 76.8 Å². The molecule has 2 aromatic rings. The van der Waals surface area contributed by atoms with Crippen molar-refractivity contribution in [3.63, 3.8) is 0 Å². The van der Waals surface area contributed by atoms with Crippen LogP contribution in [0, 0.1) is 5.92 Å². The van der Waals surface area contributed by atoms with Gasteiger partial charge in [0, 0.05) is 52.7 Å². The lowest BCUT2D eigenvalue weighted by Gasteiger charge is -2.36. The number of nitrogens with two attached hydrogens (primary N) is 3. The highest BCUT2D eigenvalue weighted by atomic mass is 16.2. The molecule has 0 saturated carbocycles. The molecule has 5 amide bonds. The molecule has 0 unspecified atom stereocenters. The molecule has 3 heterocycles. The Kier molecular flexibility index (Phi) is 18.3. The smallest absolute Gasteiger partial charge is 0.257 e. The summed E-state index contributed by atoms with van der Waals surface area (Å²) in [6.07, 6.45) is 7.21. The monoisotopic (exact) mass is 831 g/mol. The summed E-state index contributed by atoms with van der Waals surface area (Å²) in [4.78, 5) is 77.5. The Morgan fingerprint density at radius 2 is 1.47 bits per heavy atom. The summed E-state index contributed by atoms with van der Waals surface area (Å²) in [5.74, 6) is -0.930. The Balaban J connectivity index is 1.01. The Bertz CT molecular complexity index is 1770. The van der Waals surface area contributed by atoms with Crippen LogP contribution in [-0.4, -0.2) is 141 Å². The number of imide groups is 1. The van der Waals surface area contributed by atoms with Crippen LogP contribution in [0.1, 0.15) is 75.1 Å². The van der Waals surface area contributed by atoms with Gasteiger partial charge in [0.15, 0.2) is 5.96 Å². The molecule has 17 heteroatoms. The van der Waals surface area contributed by atoms with Crippen LogP contribution in [0.4, 0.5) is 17.1 Å². The lowest BCUT2D eigenvalue weighted by molar-refractivity contribution is -0.134. The lowest BCUT2D eigenvalue weighted by Crippen LogP contribution is -2.54. The number of benzene rings is 2. The predicted molar refractivity (Wildman–Crippen MR) is 235 cm³/mol. The van der Waals surface area contributed by atoms with Gasteiger partial charge in [0.05, 0.1) is 35.2 Å². The SMILES string of the molecule is CC(=O)NC(=O)[C@H](CCCCN)NC(=O)[C@H](CCCN=C(N)N)NCCN1CCN(CCCC2CCN(CC(=O)N3c4ccccc4NC(=O)c4ccccc43)CC2)CC1. The molecule has 328 valence electrons. The molecule has 0 spiro atoms. The molecule has 3 aliphatic heterocycles. The molecule has 5 rings (SSSR count). The van der Waals surface area contributed by atoms with Gasteiger partial charge in [-0.2, -0.15) is 0 Å². The maximum absolute atomic E-state index is 13.9. The molecular weight excluding hydrogens is 765 g/mol. The second-order valence-corrected chi connectivity index (χ2v) is 16.1. The van der Waals surface area contributed by atoms with Crippen LogP contribution in [0.2, 0.25) is 0 Å². The largest absolute Gasteiger partial charge is 0.370 e. The van der Waals surface area contributed by atoms with Crippen molar-refractivity contribution in [1.29, 1.82) is 0 Å². The average Bonchev–Trinajstić information content (AvgIpc) is 3.35.